The number of esters is 1. The van der Waals surface area contributed by atoms with E-state index in [1.807, 2.05) is 43.3 Å². The fourth-order valence-electron chi connectivity index (χ4n) is 2.87. The summed E-state index contributed by atoms with van der Waals surface area (Å²) in [6, 6.07) is 13.2. The van der Waals surface area contributed by atoms with Crippen molar-refractivity contribution in [1.82, 2.24) is 5.32 Å². The summed E-state index contributed by atoms with van der Waals surface area (Å²) in [6.45, 7) is 2.08. The van der Waals surface area contributed by atoms with E-state index in [4.69, 9.17) is 14.2 Å². The van der Waals surface area contributed by atoms with Gasteiger partial charge in [0, 0.05) is 11.2 Å². The van der Waals surface area contributed by atoms with Crippen LogP contribution in [0.3, 0.4) is 0 Å². The first-order valence-corrected chi connectivity index (χ1v) is 9.24. The highest BCUT2D eigenvalue weighted by Crippen LogP contribution is 2.32. The number of carbonyl (C=O) groups excluding carboxylic acids is 2. The van der Waals surface area contributed by atoms with Crippen LogP contribution in [0.5, 0.6) is 11.5 Å². The highest BCUT2D eigenvalue weighted by atomic mass is 32.1. The van der Waals surface area contributed by atoms with Gasteiger partial charge in [-0.05, 0) is 41.6 Å². The van der Waals surface area contributed by atoms with Gasteiger partial charge >= 0.3 is 5.97 Å². The van der Waals surface area contributed by atoms with E-state index >= 15 is 0 Å². The number of carbonyl (C=O) groups is 2. The first-order chi connectivity index (χ1) is 13.1. The lowest BCUT2D eigenvalue weighted by molar-refractivity contribution is -0.124. The molecule has 1 amide bonds. The lowest BCUT2D eigenvalue weighted by atomic mass is 10.1. The third-order valence-electron chi connectivity index (χ3n) is 4.29. The van der Waals surface area contributed by atoms with E-state index in [1.54, 1.807) is 6.07 Å². The van der Waals surface area contributed by atoms with Crippen LogP contribution in [-0.2, 0) is 16.1 Å². The number of hydrogen-bond acceptors (Lipinski definition) is 6. The van der Waals surface area contributed by atoms with E-state index < -0.39 is 5.97 Å². The summed E-state index contributed by atoms with van der Waals surface area (Å²) >= 11 is 1.37. The van der Waals surface area contributed by atoms with E-state index in [-0.39, 0.29) is 19.3 Å². The molecule has 3 aromatic rings. The van der Waals surface area contributed by atoms with Crippen molar-refractivity contribution in [1.29, 1.82) is 0 Å². The SMILES string of the molecule is Cc1c(C(=O)OCC(=O)NCc2ccc3c(c2)OCO3)sc2ccccc12. The predicted molar refractivity (Wildman–Crippen MR) is 101 cm³/mol. The van der Waals surface area contributed by atoms with Crippen molar-refractivity contribution >= 4 is 33.3 Å². The molecular weight excluding hydrogens is 366 g/mol. The number of rotatable bonds is 5. The fourth-order valence-corrected chi connectivity index (χ4v) is 3.97. The molecule has 0 saturated carbocycles. The molecule has 7 heteroatoms. The molecule has 1 aliphatic rings. The number of thiophene rings is 1. The van der Waals surface area contributed by atoms with Gasteiger partial charge in [-0.2, -0.15) is 0 Å². The molecular formula is C20H17NO5S. The average molecular weight is 383 g/mol. The number of amides is 1. The third kappa shape index (κ3) is 3.59. The van der Waals surface area contributed by atoms with Crippen molar-refractivity contribution in [2.45, 2.75) is 13.5 Å². The molecule has 2 aromatic carbocycles. The van der Waals surface area contributed by atoms with Crippen molar-refractivity contribution in [3.8, 4) is 11.5 Å². The van der Waals surface area contributed by atoms with Gasteiger partial charge in [-0.3, -0.25) is 4.79 Å². The minimum Gasteiger partial charge on any atom is -0.454 e. The Morgan fingerprint density at radius 1 is 1.15 bits per heavy atom. The van der Waals surface area contributed by atoms with Crippen molar-refractivity contribution < 1.29 is 23.8 Å². The van der Waals surface area contributed by atoms with Crippen molar-refractivity contribution in [2.24, 2.45) is 0 Å². The Bertz CT molecular complexity index is 1030. The summed E-state index contributed by atoms with van der Waals surface area (Å²) in [6.07, 6.45) is 0. The molecule has 2 heterocycles. The predicted octanol–water partition coefficient (Wildman–Crippen LogP) is 3.41. The van der Waals surface area contributed by atoms with Crippen LogP contribution in [0.25, 0.3) is 10.1 Å². The number of nitrogens with one attached hydrogen (secondary N) is 1. The molecule has 0 spiro atoms. The summed E-state index contributed by atoms with van der Waals surface area (Å²) < 4.78 is 16.8. The van der Waals surface area contributed by atoms with Crippen LogP contribution in [0.2, 0.25) is 0 Å². The van der Waals surface area contributed by atoms with Gasteiger partial charge in [-0.15, -0.1) is 11.3 Å². The second-order valence-corrected chi connectivity index (χ2v) is 7.15. The zero-order chi connectivity index (χ0) is 18.8. The molecule has 0 unspecified atom stereocenters. The van der Waals surface area contributed by atoms with Gasteiger partial charge in [0.05, 0.1) is 0 Å². The maximum absolute atomic E-state index is 12.3. The second-order valence-electron chi connectivity index (χ2n) is 6.09. The zero-order valence-electron chi connectivity index (χ0n) is 14.6. The second kappa shape index (κ2) is 7.28. The van der Waals surface area contributed by atoms with Crippen LogP contribution in [0.1, 0.15) is 20.8 Å². The van der Waals surface area contributed by atoms with Gasteiger partial charge in [-0.1, -0.05) is 24.3 Å². The monoisotopic (exact) mass is 383 g/mol. The highest BCUT2D eigenvalue weighted by molar-refractivity contribution is 7.21. The van der Waals surface area contributed by atoms with Crippen LogP contribution < -0.4 is 14.8 Å². The first-order valence-electron chi connectivity index (χ1n) is 8.42. The van der Waals surface area contributed by atoms with Gasteiger partial charge in [0.15, 0.2) is 18.1 Å². The summed E-state index contributed by atoms with van der Waals surface area (Å²) in [5.41, 5.74) is 1.75. The number of fused-ring (bicyclic) bond motifs is 2. The van der Waals surface area contributed by atoms with Gasteiger partial charge in [0.2, 0.25) is 6.79 Å². The Balaban J connectivity index is 1.32. The largest absolute Gasteiger partial charge is 0.454 e. The van der Waals surface area contributed by atoms with E-state index in [0.29, 0.717) is 22.9 Å². The molecule has 0 aliphatic carbocycles. The van der Waals surface area contributed by atoms with E-state index in [1.165, 1.54) is 11.3 Å². The molecule has 0 bridgehead atoms. The molecule has 27 heavy (non-hydrogen) atoms. The summed E-state index contributed by atoms with van der Waals surface area (Å²) in [7, 11) is 0. The fraction of sp³-hybridized carbons (Fsp3) is 0.200. The van der Waals surface area contributed by atoms with Crippen LogP contribution in [0.15, 0.2) is 42.5 Å². The Hall–Kier alpha value is -3.06. The normalized spacial score (nSPS) is 12.2. The van der Waals surface area contributed by atoms with Gasteiger partial charge in [0.1, 0.15) is 4.88 Å². The Kier molecular flexibility index (Phi) is 4.68. The smallest absolute Gasteiger partial charge is 0.349 e. The highest BCUT2D eigenvalue weighted by Gasteiger charge is 2.18. The van der Waals surface area contributed by atoms with Gasteiger partial charge in [-0.25, -0.2) is 4.79 Å². The first kappa shape index (κ1) is 17.4. The lowest BCUT2D eigenvalue weighted by Gasteiger charge is -2.07. The Morgan fingerprint density at radius 2 is 1.96 bits per heavy atom. The number of aryl methyl sites for hydroxylation is 1. The van der Waals surface area contributed by atoms with Crippen LogP contribution >= 0.6 is 11.3 Å². The minimum absolute atomic E-state index is 0.207. The number of benzene rings is 2. The molecule has 6 nitrogen and oxygen atoms in total. The zero-order valence-corrected chi connectivity index (χ0v) is 15.4. The van der Waals surface area contributed by atoms with Gasteiger partial charge in [0.25, 0.3) is 5.91 Å². The molecule has 0 radical (unpaired) electrons. The number of ether oxygens (including phenoxy) is 3. The molecule has 1 N–H and O–H groups in total. The van der Waals surface area contributed by atoms with E-state index in [2.05, 4.69) is 5.32 Å². The van der Waals surface area contributed by atoms with Crippen molar-refractivity contribution in [3.05, 3.63) is 58.5 Å². The Labute approximate surface area is 159 Å². The maximum atomic E-state index is 12.3. The third-order valence-corrected chi connectivity index (χ3v) is 5.54. The lowest BCUT2D eigenvalue weighted by Crippen LogP contribution is -2.28. The maximum Gasteiger partial charge on any atom is 0.349 e. The molecule has 138 valence electrons. The molecule has 0 fully saturated rings. The Morgan fingerprint density at radius 3 is 2.81 bits per heavy atom. The van der Waals surface area contributed by atoms with Gasteiger partial charge < -0.3 is 19.5 Å². The number of hydrogen-bond donors (Lipinski definition) is 1. The molecule has 1 aliphatic heterocycles. The van der Waals surface area contributed by atoms with Crippen LogP contribution in [0.4, 0.5) is 0 Å². The quantitative estimate of drug-likeness (QED) is 0.684. The minimum atomic E-state index is -0.480. The molecule has 4 rings (SSSR count). The topological polar surface area (TPSA) is 73.9 Å². The van der Waals surface area contributed by atoms with Crippen molar-refractivity contribution in [3.63, 3.8) is 0 Å². The summed E-state index contributed by atoms with van der Waals surface area (Å²) in [5.74, 6) is 0.512. The van der Waals surface area contributed by atoms with Crippen LogP contribution in [-0.4, -0.2) is 25.3 Å². The van der Waals surface area contributed by atoms with E-state index in [0.717, 1.165) is 21.2 Å². The standard InChI is InChI=1S/C20H17NO5S/c1-12-14-4-2-3-5-17(14)27-19(12)20(23)24-10-18(22)21-9-13-6-7-15-16(8-13)26-11-25-15/h2-8H,9-11H2,1H3,(H,21,22). The van der Waals surface area contributed by atoms with Crippen LogP contribution in [0, 0.1) is 6.92 Å². The summed E-state index contributed by atoms with van der Waals surface area (Å²) in [5, 5.41) is 3.76. The average Bonchev–Trinajstić information content (AvgIpc) is 3.29. The summed E-state index contributed by atoms with van der Waals surface area (Å²) in [4.78, 5) is 24.8. The van der Waals surface area contributed by atoms with Crippen molar-refractivity contribution in [2.75, 3.05) is 13.4 Å². The van der Waals surface area contributed by atoms with E-state index in [9.17, 15) is 9.59 Å². The molecule has 0 saturated heterocycles. The molecule has 0 atom stereocenters. The molecule has 1 aromatic heterocycles.